The Morgan fingerprint density at radius 3 is 2.58 bits per heavy atom. The molecule has 1 saturated heterocycles. The molecular weight excluding hydrogens is 280 g/mol. The van der Waals surface area contributed by atoms with Crippen molar-refractivity contribution in [2.45, 2.75) is 32.2 Å². The van der Waals surface area contributed by atoms with Crippen LogP contribution in [0.15, 0.2) is 12.1 Å². The van der Waals surface area contributed by atoms with E-state index < -0.39 is 0 Å². The zero-order valence-corrected chi connectivity index (χ0v) is 13.0. The Morgan fingerprint density at radius 2 is 2.00 bits per heavy atom. The molecule has 1 aliphatic heterocycles. The second kappa shape index (κ2) is 7.27. The summed E-state index contributed by atoms with van der Waals surface area (Å²) in [7, 11) is 1.99. The van der Waals surface area contributed by atoms with Crippen molar-refractivity contribution >= 4 is 28.8 Å². The largest absolute Gasteiger partial charge is 0.342 e. The van der Waals surface area contributed by atoms with E-state index in [-0.39, 0.29) is 5.91 Å². The molecule has 19 heavy (non-hydrogen) atoms. The number of amides is 1. The summed E-state index contributed by atoms with van der Waals surface area (Å²) in [5.41, 5.74) is 0. The standard InChI is InChI=1S/C14H21ClN2OS/c1-16(10-12-6-7-13(15)19-12)11-14(18)17-8-4-2-3-5-9-17/h6-7H,2-5,8-11H2,1H3. The lowest BCUT2D eigenvalue weighted by Crippen LogP contribution is -2.39. The molecule has 2 rings (SSSR count). The predicted octanol–water partition coefficient (Wildman–Crippen LogP) is 3.24. The van der Waals surface area contributed by atoms with Gasteiger partial charge in [-0.15, -0.1) is 11.3 Å². The molecule has 0 aromatic carbocycles. The van der Waals surface area contributed by atoms with Crippen LogP contribution in [0.4, 0.5) is 0 Å². The molecular formula is C14H21ClN2OS. The number of carbonyl (C=O) groups excluding carboxylic acids is 1. The molecule has 0 unspecified atom stereocenters. The van der Waals surface area contributed by atoms with Crippen LogP contribution in [0, 0.1) is 0 Å². The van der Waals surface area contributed by atoms with Gasteiger partial charge in [0.25, 0.3) is 0 Å². The van der Waals surface area contributed by atoms with E-state index in [1.807, 2.05) is 24.1 Å². The first-order chi connectivity index (χ1) is 9.15. The summed E-state index contributed by atoms with van der Waals surface area (Å²) in [5.74, 6) is 0.257. The smallest absolute Gasteiger partial charge is 0.236 e. The molecule has 5 heteroatoms. The maximum Gasteiger partial charge on any atom is 0.236 e. The van der Waals surface area contributed by atoms with Gasteiger partial charge in [-0.25, -0.2) is 0 Å². The van der Waals surface area contributed by atoms with E-state index >= 15 is 0 Å². The van der Waals surface area contributed by atoms with Crippen LogP contribution in [0.1, 0.15) is 30.6 Å². The van der Waals surface area contributed by atoms with E-state index in [1.165, 1.54) is 17.7 Å². The molecule has 1 aromatic heterocycles. The molecule has 2 heterocycles. The molecule has 1 aromatic rings. The van der Waals surface area contributed by atoms with E-state index in [2.05, 4.69) is 4.90 Å². The van der Waals surface area contributed by atoms with Crippen molar-refractivity contribution in [3.63, 3.8) is 0 Å². The maximum absolute atomic E-state index is 12.2. The van der Waals surface area contributed by atoms with Gasteiger partial charge in [0.2, 0.25) is 5.91 Å². The topological polar surface area (TPSA) is 23.6 Å². The first kappa shape index (κ1) is 14.8. The number of likely N-dealkylation sites (tertiary alicyclic amines) is 1. The van der Waals surface area contributed by atoms with Gasteiger partial charge >= 0.3 is 0 Å². The Labute approximate surface area is 124 Å². The molecule has 0 aliphatic carbocycles. The van der Waals surface area contributed by atoms with Crippen LogP contribution in [-0.4, -0.2) is 42.4 Å². The van der Waals surface area contributed by atoms with Crippen molar-refractivity contribution in [2.24, 2.45) is 0 Å². The highest BCUT2D eigenvalue weighted by molar-refractivity contribution is 7.16. The molecule has 0 spiro atoms. The van der Waals surface area contributed by atoms with Gasteiger partial charge in [-0.2, -0.15) is 0 Å². The van der Waals surface area contributed by atoms with Crippen molar-refractivity contribution in [2.75, 3.05) is 26.7 Å². The first-order valence-electron chi connectivity index (χ1n) is 6.85. The molecule has 1 aliphatic rings. The lowest BCUT2D eigenvalue weighted by molar-refractivity contribution is -0.132. The van der Waals surface area contributed by atoms with Crippen molar-refractivity contribution in [3.05, 3.63) is 21.3 Å². The molecule has 0 bridgehead atoms. The van der Waals surface area contributed by atoms with Crippen LogP contribution >= 0.6 is 22.9 Å². The molecule has 0 radical (unpaired) electrons. The maximum atomic E-state index is 12.2. The van der Waals surface area contributed by atoms with Crippen LogP contribution in [0.3, 0.4) is 0 Å². The van der Waals surface area contributed by atoms with E-state index in [1.54, 1.807) is 11.3 Å². The summed E-state index contributed by atoms with van der Waals surface area (Å²) in [6.45, 7) is 3.14. The molecule has 106 valence electrons. The van der Waals surface area contributed by atoms with Gasteiger partial charge in [0.1, 0.15) is 0 Å². The number of nitrogens with zero attached hydrogens (tertiary/aromatic N) is 2. The van der Waals surface area contributed by atoms with E-state index in [9.17, 15) is 4.79 Å². The van der Waals surface area contributed by atoms with Crippen LogP contribution < -0.4 is 0 Å². The van der Waals surface area contributed by atoms with Gasteiger partial charge in [-0.05, 0) is 32.0 Å². The van der Waals surface area contributed by atoms with Crippen LogP contribution in [0.2, 0.25) is 4.34 Å². The Balaban J connectivity index is 1.80. The Bertz CT molecular complexity index is 413. The summed E-state index contributed by atoms with van der Waals surface area (Å²) < 4.78 is 0.808. The van der Waals surface area contributed by atoms with Gasteiger partial charge in [-0.3, -0.25) is 9.69 Å². The molecule has 3 nitrogen and oxygen atoms in total. The third-order valence-corrected chi connectivity index (χ3v) is 4.63. The van der Waals surface area contributed by atoms with Crippen molar-refractivity contribution < 1.29 is 4.79 Å². The summed E-state index contributed by atoms with van der Waals surface area (Å²) in [4.78, 5) is 17.5. The second-order valence-corrected chi connectivity index (χ2v) is 6.97. The minimum atomic E-state index is 0.257. The number of likely N-dealkylation sites (N-methyl/N-ethyl adjacent to an activating group) is 1. The highest BCUT2D eigenvalue weighted by Gasteiger charge is 2.17. The summed E-state index contributed by atoms with van der Waals surface area (Å²) in [6.07, 6.45) is 4.81. The number of thiophene rings is 1. The van der Waals surface area contributed by atoms with Crippen molar-refractivity contribution in [3.8, 4) is 0 Å². The minimum Gasteiger partial charge on any atom is -0.342 e. The summed E-state index contributed by atoms with van der Waals surface area (Å²) in [5, 5.41) is 0. The van der Waals surface area contributed by atoms with Crippen LogP contribution in [-0.2, 0) is 11.3 Å². The van der Waals surface area contributed by atoms with Gasteiger partial charge in [0, 0.05) is 24.5 Å². The monoisotopic (exact) mass is 300 g/mol. The second-order valence-electron chi connectivity index (χ2n) is 5.17. The van der Waals surface area contributed by atoms with Gasteiger partial charge in [0.05, 0.1) is 10.9 Å². The number of hydrogen-bond donors (Lipinski definition) is 0. The van der Waals surface area contributed by atoms with Crippen molar-refractivity contribution in [1.82, 2.24) is 9.80 Å². The first-order valence-corrected chi connectivity index (χ1v) is 8.05. The summed E-state index contributed by atoms with van der Waals surface area (Å²) >= 11 is 7.50. The average Bonchev–Trinajstić information content (AvgIpc) is 2.64. The van der Waals surface area contributed by atoms with E-state index in [0.29, 0.717) is 6.54 Å². The molecule has 0 N–H and O–H groups in total. The number of halogens is 1. The fourth-order valence-corrected chi connectivity index (χ4v) is 3.58. The number of carbonyl (C=O) groups is 1. The normalized spacial score (nSPS) is 16.7. The van der Waals surface area contributed by atoms with E-state index in [4.69, 9.17) is 11.6 Å². The Kier molecular flexibility index (Phi) is 5.67. The SMILES string of the molecule is CN(CC(=O)N1CCCCCC1)Cc1ccc(Cl)s1. The fraction of sp³-hybridized carbons (Fsp3) is 0.643. The molecule has 0 saturated carbocycles. The van der Waals surface area contributed by atoms with Crippen LogP contribution in [0.25, 0.3) is 0 Å². The van der Waals surface area contributed by atoms with Crippen molar-refractivity contribution in [1.29, 1.82) is 0 Å². The van der Waals surface area contributed by atoms with Gasteiger partial charge < -0.3 is 4.90 Å². The highest BCUT2D eigenvalue weighted by Crippen LogP contribution is 2.22. The zero-order chi connectivity index (χ0) is 13.7. The predicted molar refractivity (Wildman–Crippen MR) is 80.7 cm³/mol. The third-order valence-electron chi connectivity index (χ3n) is 3.42. The minimum absolute atomic E-state index is 0.257. The highest BCUT2D eigenvalue weighted by atomic mass is 35.5. The summed E-state index contributed by atoms with van der Waals surface area (Å²) in [6, 6.07) is 3.94. The number of hydrogen-bond acceptors (Lipinski definition) is 3. The fourth-order valence-electron chi connectivity index (χ4n) is 2.41. The van der Waals surface area contributed by atoms with Gasteiger partial charge in [-0.1, -0.05) is 24.4 Å². The van der Waals surface area contributed by atoms with Gasteiger partial charge in [0.15, 0.2) is 0 Å². The zero-order valence-electron chi connectivity index (χ0n) is 11.4. The Hall–Kier alpha value is -0.580. The van der Waals surface area contributed by atoms with E-state index in [0.717, 1.165) is 36.8 Å². The van der Waals surface area contributed by atoms with Crippen LogP contribution in [0.5, 0.6) is 0 Å². The molecule has 1 fully saturated rings. The molecule has 1 amide bonds. The average molecular weight is 301 g/mol. The third kappa shape index (κ3) is 4.79. The lowest BCUT2D eigenvalue weighted by Gasteiger charge is -2.23. The molecule has 0 atom stereocenters. The number of rotatable bonds is 4. The quantitative estimate of drug-likeness (QED) is 0.852. The lowest BCUT2D eigenvalue weighted by atomic mass is 10.2. The Morgan fingerprint density at radius 1 is 1.32 bits per heavy atom.